The normalized spacial score (nSPS) is 12.9. The number of likely N-dealkylation sites (N-methyl/N-ethyl adjacent to an activating group) is 1. The van der Waals surface area contributed by atoms with E-state index >= 15 is 0 Å². The minimum absolute atomic E-state index is 0.0226. The second-order valence-electron chi connectivity index (χ2n) is 2.44. The van der Waals surface area contributed by atoms with Crippen LogP contribution in [0.4, 0.5) is 0 Å². The summed E-state index contributed by atoms with van der Waals surface area (Å²) in [7, 11) is 1.81. The summed E-state index contributed by atoms with van der Waals surface area (Å²) in [6, 6.07) is 3.76. The third kappa shape index (κ3) is 2.27. The zero-order chi connectivity index (χ0) is 8.97. The summed E-state index contributed by atoms with van der Waals surface area (Å²) in [5, 5.41) is 11.9. The van der Waals surface area contributed by atoms with Crippen molar-refractivity contribution in [3.05, 3.63) is 28.5 Å². The van der Waals surface area contributed by atoms with Crippen LogP contribution in [-0.2, 0) is 0 Å². The first kappa shape index (κ1) is 9.64. The minimum atomic E-state index is -0.0226. The lowest BCUT2D eigenvalue weighted by Crippen LogP contribution is -2.19. The van der Waals surface area contributed by atoms with Crippen molar-refractivity contribution < 1.29 is 5.11 Å². The zero-order valence-electron chi connectivity index (χ0n) is 6.79. The maximum Gasteiger partial charge on any atom is 0.106 e. The fourth-order valence-corrected chi connectivity index (χ4v) is 1.19. The number of rotatable bonds is 3. The number of aliphatic hydroxyl groups is 1. The Morgan fingerprint density at radius 3 is 2.83 bits per heavy atom. The Morgan fingerprint density at radius 1 is 1.67 bits per heavy atom. The van der Waals surface area contributed by atoms with Gasteiger partial charge in [0.2, 0.25) is 0 Å². The van der Waals surface area contributed by atoms with E-state index in [0.29, 0.717) is 0 Å². The van der Waals surface area contributed by atoms with Gasteiger partial charge in [-0.1, -0.05) is 6.07 Å². The molecular formula is C8H11BrN2O. The molecule has 0 aliphatic rings. The van der Waals surface area contributed by atoms with Crippen LogP contribution in [0.2, 0.25) is 0 Å². The summed E-state index contributed by atoms with van der Waals surface area (Å²) in [5.41, 5.74) is 0.989. The van der Waals surface area contributed by atoms with Gasteiger partial charge in [-0.2, -0.15) is 0 Å². The Kier molecular flexibility index (Phi) is 3.65. The lowest BCUT2D eigenvalue weighted by Gasteiger charge is -2.12. The van der Waals surface area contributed by atoms with E-state index in [2.05, 4.69) is 26.2 Å². The number of aliphatic hydroxyl groups excluding tert-OH is 1. The van der Waals surface area contributed by atoms with Gasteiger partial charge in [-0.3, -0.25) is 0 Å². The lowest BCUT2D eigenvalue weighted by atomic mass is 10.1. The third-order valence-electron chi connectivity index (χ3n) is 1.68. The van der Waals surface area contributed by atoms with E-state index in [1.165, 1.54) is 0 Å². The summed E-state index contributed by atoms with van der Waals surface area (Å²) >= 11 is 3.24. The highest BCUT2D eigenvalue weighted by Gasteiger charge is 2.06. The third-order valence-corrected chi connectivity index (χ3v) is 2.15. The number of hydrogen-bond acceptors (Lipinski definition) is 3. The molecule has 0 bridgehead atoms. The maximum absolute atomic E-state index is 8.95. The minimum Gasteiger partial charge on any atom is -0.394 e. The molecule has 0 aliphatic carbocycles. The number of aromatic nitrogens is 1. The van der Waals surface area contributed by atoms with Crippen molar-refractivity contribution in [2.75, 3.05) is 13.7 Å². The van der Waals surface area contributed by atoms with Crippen LogP contribution in [0.15, 0.2) is 22.9 Å². The SMILES string of the molecule is CN[C@H](CO)c1ccc(Br)nc1. The number of nitrogens with one attached hydrogen (secondary N) is 1. The Bertz CT molecular complexity index is 233. The summed E-state index contributed by atoms with van der Waals surface area (Å²) < 4.78 is 0.805. The Morgan fingerprint density at radius 2 is 2.42 bits per heavy atom. The zero-order valence-corrected chi connectivity index (χ0v) is 8.37. The average Bonchev–Trinajstić information content (AvgIpc) is 2.10. The molecule has 0 fully saturated rings. The summed E-state index contributed by atoms with van der Waals surface area (Å²) in [6.45, 7) is 0.0831. The Hall–Kier alpha value is -0.450. The lowest BCUT2D eigenvalue weighted by molar-refractivity contribution is 0.250. The first-order valence-corrected chi connectivity index (χ1v) is 4.46. The van der Waals surface area contributed by atoms with E-state index in [0.717, 1.165) is 10.2 Å². The van der Waals surface area contributed by atoms with Crippen molar-refractivity contribution in [3.63, 3.8) is 0 Å². The molecule has 0 radical (unpaired) electrons. The predicted octanol–water partition coefficient (Wildman–Crippen LogP) is 1.10. The first-order valence-electron chi connectivity index (χ1n) is 3.67. The van der Waals surface area contributed by atoms with Crippen LogP contribution in [-0.4, -0.2) is 23.7 Å². The van der Waals surface area contributed by atoms with Crippen LogP contribution in [0.25, 0.3) is 0 Å². The molecule has 2 N–H and O–H groups in total. The van der Waals surface area contributed by atoms with Gasteiger partial charge in [0.15, 0.2) is 0 Å². The van der Waals surface area contributed by atoms with Gasteiger partial charge in [0.1, 0.15) is 4.60 Å². The van der Waals surface area contributed by atoms with Crippen molar-refractivity contribution in [2.24, 2.45) is 0 Å². The molecule has 66 valence electrons. The molecule has 0 amide bonds. The smallest absolute Gasteiger partial charge is 0.106 e. The number of nitrogens with zero attached hydrogens (tertiary/aromatic N) is 1. The van der Waals surface area contributed by atoms with Gasteiger partial charge in [0.05, 0.1) is 12.6 Å². The largest absolute Gasteiger partial charge is 0.394 e. The molecule has 0 unspecified atom stereocenters. The van der Waals surface area contributed by atoms with E-state index in [9.17, 15) is 0 Å². The maximum atomic E-state index is 8.95. The summed E-state index contributed by atoms with van der Waals surface area (Å²) in [4.78, 5) is 4.06. The van der Waals surface area contributed by atoms with Gasteiger partial charge < -0.3 is 10.4 Å². The highest BCUT2D eigenvalue weighted by molar-refractivity contribution is 9.10. The highest BCUT2D eigenvalue weighted by atomic mass is 79.9. The molecule has 0 saturated carbocycles. The molecule has 0 saturated heterocycles. The molecule has 0 aliphatic heterocycles. The molecule has 0 spiro atoms. The summed E-state index contributed by atoms with van der Waals surface area (Å²) in [5.74, 6) is 0. The van der Waals surface area contributed by atoms with E-state index in [1.807, 2.05) is 19.2 Å². The first-order chi connectivity index (χ1) is 5.77. The molecule has 4 heteroatoms. The number of halogens is 1. The number of hydrogen-bond donors (Lipinski definition) is 2. The second kappa shape index (κ2) is 4.54. The van der Waals surface area contributed by atoms with E-state index in [-0.39, 0.29) is 12.6 Å². The van der Waals surface area contributed by atoms with E-state index in [4.69, 9.17) is 5.11 Å². The Balaban J connectivity index is 2.80. The van der Waals surface area contributed by atoms with Crippen molar-refractivity contribution >= 4 is 15.9 Å². The van der Waals surface area contributed by atoms with Gasteiger partial charge in [0, 0.05) is 6.20 Å². The number of pyridine rings is 1. The van der Waals surface area contributed by atoms with Crippen molar-refractivity contribution in [2.45, 2.75) is 6.04 Å². The monoisotopic (exact) mass is 230 g/mol. The topological polar surface area (TPSA) is 45.1 Å². The predicted molar refractivity (Wildman–Crippen MR) is 50.8 cm³/mol. The molecule has 1 heterocycles. The van der Waals surface area contributed by atoms with Crippen LogP contribution in [0.1, 0.15) is 11.6 Å². The van der Waals surface area contributed by atoms with Gasteiger partial charge in [-0.15, -0.1) is 0 Å². The fourth-order valence-electron chi connectivity index (χ4n) is 0.957. The quantitative estimate of drug-likeness (QED) is 0.765. The van der Waals surface area contributed by atoms with Crippen LogP contribution in [0.5, 0.6) is 0 Å². The molecule has 1 aromatic heterocycles. The summed E-state index contributed by atoms with van der Waals surface area (Å²) in [6.07, 6.45) is 1.74. The Labute approximate surface area is 80.0 Å². The standard InChI is InChI=1S/C8H11BrN2O/c1-10-7(5-12)6-2-3-8(9)11-4-6/h2-4,7,10,12H,5H2,1H3/t7-/m1/s1. The molecule has 12 heavy (non-hydrogen) atoms. The van der Waals surface area contributed by atoms with Crippen molar-refractivity contribution in [3.8, 4) is 0 Å². The molecule has 1 aromatic rings. The van der Waals surface area contributed by atoms with Crippen LogP contribution < -0.4 is 5.32 Å². The van der Waals surface area contributed by atoms with Gasteiger partial charge >= 0.3 is 0 Å². The van der Waals surface area contributed by atoms with Gasteiger partial charge in [0.25, 0.3) is 0 Å². The second-order valence-corrected chi connectivity index (χ2v) is 3.25. The van der Waals surface area contributed by atoms with Gasteiger partial charge in [-0.25, -0.2) is 4.98 Å². The van der Waals surface area contributed by atoms with Crippen molar-refractivity contribution in [1.82, 2.24) is 10.3 Å². The molecule has 1 rings (SSSR count). The average molecular weight is 231 g/mol. The van der Waals surface area contributed by atoms with Crippen LogP contribution >= 0.6 is 15.9 Å². The van der Waals surface area contributed by atoms with Crippen molar-refractivity contribution in [1.29, 1.82) is 0 Å². The molecule has 0 aromatic carbocycles. The highest BCUT2D eigenvalue weighted by Crippen LogP contribution is 2.12. The molecular weight excluding hydrogens is 220 g/mol. The molecule has 1 atom stereocenters. The van der Waals surface area contributed by atoms with E-state index in [1.54, 1.807) is 6.20 Å². The fraction of sp³-hybridized carbons (Fsp3) is 0.375. The van der Waals surface area contributed by atoms with Crippen LogP contribution in [0.3, 0.4) is 0 Å². The van der Waals surface area contributed by atoms with E-state index < -0.39 is 0 Å². The van der Waals surface area contributed by atoms with Gasteiger partial charge in [-0.05, 0) is 34.6 Å². The van der Waals surface area contributed by atoms with Crippen LogP contribution in [0, 0.1) is 0 Å². The molecule has 3 nitrogen and oxygen atoms in total.